The van der Waals surface area contributed by atoms with E-state index in [1.54, 1.807) is 11.9 Å². The Morgan fingerprint density at radius 3 is 1.86 bits per heavy atom. The van der Waals surface area contributed by atoms with Crippen molar-refractivity contribution in [3.63, 3.8) is 0 Å². The third-order valence-corrected chi connectivity index (χ3v) is 2.81. The summed E-state index contributed by atoms with van der Waals surface area (Å²) >= 11 is 0. The van der Waals surface area contributed by atoms with Crippen molar-refractivity contribution < 1.29 is 0 Å². The first-order valence-electron chi connectivity index (χ1n) is 4.70. The van der Waals surface area contributed by atoms with Crippen molar-refractivity contribution in [2.45, 2.75) is 27.7 Å². The van der Waals surface area contributed by atoms with Crippen LogP contribution in [0.1, 0.15) is 22.3 Å². The van der Waals surface area contributed by atoms with Gasteiger partial charge in [0.15, 0.2) is 6.19 Å². The van der Waals surface area contributed by atoms with Gasteiger partial charge in [0.05, 0.1) is 5.69 Å². The Bertz CT molecular complexity index is 374. The molecule has 0 saturated heterocycles. The van der Waals surface area contributed by atoms with Gasteiger partial charge in [-0.2, -0.15) is 5.26 Å². The van der Waals surface area contributed by atoms with Gasteiger partial charge < -0.3 is 0 Å². The zero-order valence-electron chi connectivity index (χ0n) is 9.47. The molecule has 1 rings (SSSR count). The van der Waals surface area contributed by atoms with Crippen LogP contribution in [-0.2, 0) is 0 Å². The normalized spacial score (nSPS) is 9.71. The Hall–Kier alpha value is -1.49. The van der Waals surface area contributed by atoms with Gasteiger partial charge in [-0.25, -0.2) is 0 Å². The summed E-state index contributed by atoms with van der Waals surface area (Å²) in [6, 6.07) is 2.17. The monoisotopic (exact) mass is 188 g/mol. The quantitative estimate of drug-likeness (QED) is 0.500. The zero-order valence-corrected chi connectivity index (χ0v) is 9.47. The fraction of sp³-hybridized carbons (Fsp3) is 0.417. The minimum atomic E-state index is 1.05. The van der Waals surface area contributed by atoms with Gasteiger partial charge in [0.25, 0.3) is 0 Å². The van der Waals surface area contributed by atoms with Gasteiger partial charge in [0.1, 0.15) is 0 Å². The molecule has 2 nitrogen and oxygen atoms in total. The van der Waals surface area contributed by atoms with E-state index in [9.17, 15) is 0 Å². The average molecular weight is 188 g/mol. The third-order valence-electron chi connectivity index (χ3n) is 2.81. The largest absolute Gasteiger partial charge is 0.282 e. The van der Waals surface area contributed by atoms with Gasteiger partial charge in [-0.1, -0.05) is 6.07 Å². The smallest absolute Gasteiger partial charge is 0.184 e. The van der Waals surface area contributed by atoms with Crippen LogP contribution in [0.5, 0.6) is 0 Å². The van der Waals surface area contributed by atoms with Gasteiger partial charge in [-0.3, -0.25) is 4.90 Å². The summed E-state index contributed by atoms with van der Waals surface area (Å²) in [6.45, 7) is 8.28. The second-order valence-corrected chi connectivity index (χ2v) is 3.77. The van der Waals surface area contributed by atoms with E-state index in [1.807, 2.05) is 0 Å². The molecule has 0 heterocycles. The number of hydrogen-bond acceptors (Lipinski definition) is 2. The Balaban J connectivity index is 3.49. The summed E-state index contributed by atoms with van der Waals surface area (Å²) in [5, 5.41) is 8.89. The van der Waals surface area contributed by atoms with E-state index < -0.39 is 0 Å². The second-order valence-electron chi connectivity index (χ2n) is 3.77. The number of benzene rings is 1. The van der Waals surface area contributed by atoms with Crippen LogP contribution in [0, 0.1) is 39.1 Å². The van der Waals surface area contributed by atoms with E-state index >= 15 is 0 Å². The fourth-order valence-corrected chi connectivity index (χ4v) is 1.75. The number of nitrogens with zero attached hydrogens (tertiary/aromatic N) is 2. The number of rotatable bonds is 1. The average Bonchev–Trinajstić information content (AvgIpc) is 2.15. The van der Waals surface area contributed by atoms with E-state index in [4.69, 9.17) is 5.26 Å². The highest BCUT2D eigenvalue weighted by atomic mass is 15.1. The molecule has 74 valence electrons. The molecule has 2 heteroatoms. The van der Waals surface area contributed by atoms with Crippen molar-refractivity contribution in [2.75, 3.05) is 11.9 Å². The standard InChI is InChI=1S/C12H16N2/c1-8-6-9(2)11(4)12(10(8)3)14(5)7-13/h6H,1-5H3. The molecule has 0 amide bonds. The van der Waals surface area contributed by atoms with Crippen LogP contribution in [0.2, 0.25) is 0 Å². The van der Waals surface area contributed by atoms with Crippen molar-refractivity contribution in [3.8, 4) is 6.19 Å². The summed E-state index contributed by atoms with van der Waals surface area (Å²) < 4.78 is 0. The molecule has 0 bridgehead atoms. The van der Waals surface area contributed by atoms with Crippen LogP contribution in [0.4, 0.5) is 5.69 Å². The minimum absolute atomic E-state index is 1.05. The first-order valence-corrected chi connectivity index (χ1v) is 4.70. The SMILES string of the molecule is Cc1cc(C)c(C)c(N(C)C#N)c1C. The Kier molecular flexibility index (Phi) is 2.81. The van der Waals surface area contributed by atoms with E-state index in [-0.39, 0.29) is 0 Å². The molecular formula is C12H16N2. The van der Waals surface area contributed by atoms with E-state index in [0.717, 1.165) is 5.69 Å². The molecule has 0 N–H and O–H groups in total. The summed E-state index contributed by atoms with van der Waals surface area (Å²) in [5.74, 6) is 0. The number of anilines is 1. The minimum Gasteiger partial charge on any atom is -0.282 e. The molecule has 0 atom stereocenters. The summed E-state index contributed by atoms with van der Waals surface area (Å²) in [5.41, 5.74) is 5.91. The number of nitriles is 1. The van der Waals surface area contributed by atoms with Gasteiger partial charge in [-0.05, 0) is 49.9 Å². The van der Waals surface area contributed by atoms with Gasteiger partial charge in [0, 0.05) is 7.05 Å². The lowest BCUT2D eigenvalue weighted by Crippen LogP contribution is -2.12. The summed E-state index contributed by atoms with van der Waals surface area (Å²) in [4.78, 5) is 1.63. The maximum absolute atomic E-state index is 8.89. The van der Waals surface area contributed by atoms with E-state index in [1.165, 1.54) is 22.3 Å². The maximum atomic E-state index is 8.89. The second kappa shape index (κ2) is 3.71. The molecule has 0 saturated carbocycles. The van der Waals surface area contributed by atoms with Crippen molar-refractivity contribution in [1.29, 1.82) is 5.26 Å². The molecular weight excluding hydrogens is 172 g/mol. The molecule has 0 aliphatic carbocycles. The number of aryl methyl sites for hydroxylation is 2. The van der Waals surface area contributed by atoms with Crippen LogP contribution in [0.25, 0.3) is 0 Å². The van der Waals surface area contributed by atoms with Crippen LogP contribution >= 0.6 is 0 Å². The van der Waals surface area contributed by atoms with Gasteiger partial charge in [-0.15, -0.1) is 0 Å². The van der Waals surface area contributed by atoms with E-state index in [0.29, 0.717) is 0 Å². The Labute approximate surface area is 85.8 Å². The lowest BCUT2D eigenvalue weighted by molar-refractivity contribution is 1.13. The molecule has 0 radical (unpaired) electrons. The molecule has 14 heavy (non-hydrogen) atoms. The van der Waals surface area contributed by atoms with Gasteiger partial charge in [0.2, 0.25) is 0 Å². The Morgan fingerprint density at radius 1 is 1.07 bits per heavy atom. The molecule has 0 spiro atoms. The van der Waals surface area contributed by atoms with Crippen molar-refractivity contribution in [2.24, 2.45) is 0 Å². The highest BCUT2D eigenvalue weighted by molar-refractivity contribution is 5.65. The molecule has 0 aliphatic heterocycles. The van der Waals surface area contributed by atoms with Crippen LogP contribution in [-0.4, -0.2) is 7.05 Å². The van der Waals surface area contributed by atoms with Crippen molar-refractivity contribution in [1.82, 2.24) is 0 Å². The zero-order chi connectivity index (χ0) is 10.9. The molecule has 0 fully saturated rings. The lowest BCUT2D eigenvalue weighted by Gasteiger charge is -2.19. The van der Waals surface area contributed by atoms with Crippen LogP contribution in [0.15, 0.2) is 6.07 Å². The first-order chi connectivity index (χ1) is 6.49. The highest BCUT2D eigenvalue weighted by Gasteiger charge is 2.11. The molecule has 0 aliphatic rings. The topological polar surface area (TPSA) is 27.0 Å². The third kappa shape index (κ3) is 1.58. The predicted octanol–water partition coefficient (Wildman–Crippen LogP) is 2.84. The summed E-state index contributed by atoms with van der Waals surface area (Å²) in [6.07, 6.45) is 2.15. The Morgan fingerprint density at radius 2 is 1.50 bits per heavy atom. The van der Waals surface area contributed by atoms with Crippen molar-refractivity contribution >= 4 is 5.69 Å². The summed E-state index contributed by atoms with van der Waals surface area (Å²) in [7, 11) is 1.80. The lowest BCUT2D eigenvalue weighted by atomic mass is 9.98. The van der Waals surface area contributed by atoms with Crippen molar-refractivity contribution in [3.05, 3.63) is 28.3 Å². The van der Waals surface area contributed by atoms with Crippen LogP contribution in [0.3, 0.4) is 0 Å². The molecule has 0 unspecified atom stereocenters. The van der Waals surface area contributed by atoms with Gasteiger partial charge >= 0.3 is 0 Å². The highest BCUT2D eigenvalue weighted by Crippen LogP contribution is 2.28. The van der Waals surface area contributed by atoms with E-state index in [2.05, 4.69) is 40.0 Å². The molecule has 1 aromatic carbocycles. The first kappa shape index (κ1) is 10.6. The maximum Gasteiger partial charge on any atom is 0.184 e. The molecule has 0 aromatic heterocycles. The molecule has 1 aromatic rings. The van der Waals surface area contributed by atoms with Crippen LogP contribution < -0.4 is 4.90 Å². The fourth-order valence-electron chi connectivity index (χ4n) is 1.75. The predicted molar refractivity (Wildman–Crippen MR) is 59.4 cm³/mol. The number of hydrogen-bond donors (Lipinski definition) is 0.